The molecule has 1 aromatic carbocycles. The fourth-order valence-corrected chi connectivity index (χ4v) is 4.10. The molecule has 0 radical (unpaired) electrons. The smallest absolute Gasteiger partial charge is 0.245 e. The van der Waals surface area contributed by atoms with Crippen LogP contribution in [-0.2, 0) is 10.0 Å². The SMILES string of the molecule is NC1CN(S(=O)(=O)c2cccc3nsnc23)C1. The van der Waals surface area contributed by atoms with Crippen LogP contribution in [0.5, 0.6) is 0 Å². The monoisotopic (exact) mass is 270 g/mol. The first-order valence-electron chi connectivity index (χ1n) is 5.06. The van der Waals surface area contributed by atoms with E-state index in [2.05, 4.69) is 8.75 Å². The normalized spacial score (nSPS) is 18.4. The maximum atomic E-state index is 12.3. The number of hydrogen-bond donors (Lipinski definition) is 1. The molecule has 90 valence electrons. The predicted molar refractivity (Wildman–Crippen MR) is 64.1 cm³/mol. The van der Waals surface area contributed by atoms with Gasteiger partial charge in [0.1, 0.15) is 15.9 Å². The highest BCUT2D eigenvalue weighted by atomic mass is 32.2. The molecule has 8 heteroatoms. The van der Waals surface area contributed by atoms with Crippen LogP contribution in [0.3, 0.4) is 0 Å². The van der Waals surface area contributed by atoms with Crippen molar-refractivity contribution in [3.05, 3.63) is 18.2 Å². The molecule has 1 fully saturated rings. The molecule has 0 spiro atoms. The molecule has 0 atom stereocenters. The second kappa shape index (κ2) is 3.70. The van der Waals surface area contributed by atoms with Gasteiger partial charge in [0.25, 0.3) is 0 Å². The minimum atomic E-state index is -3.47. The van der Waals surface area contributed by atoms with E-state index in [0.717, 1.165) is 11.7 Å². The van der Waals surface area contributed by atoms with Crippen LogP contribution in [0, 0.1) is 0 Å². The molecular formula is C9H10N4O2S2. The van der Waals surface area contributed by atoms with E-state index < -0.39 is 10.0 Å². The van der Waals surface area contributed by atoms with E-state index >= 15 is 0 Å². The molecule has 3 rings (SSSR count). The number of rotatable bonds is 2. The zero-order valence-electron chi connectivity index (χ0n) is 8.78. The number of fused-ring (bicyclic) bond motifs is 1. The molecule has 0 bridgehead atoms. The van der Waals surface area contributed by atoms with Gasteiger partial charge in [-0.05, 0) is 12.1 Å². The Morgan fingerprint density at radius 1 is 1.35 bits per heavy atom. The minimum absolute atomic E-state index is 0.0578. The summed E-state index contributed by atoms with van der Waals surface area (Å²) < 4.78 is 34.0. The second-order valence-corrected chi connectivity index (χ2v) is 6.41. The van der Waals surface area contributed by atoms with Crippen molar-refractivity contribution >= 4 is 32.8 Å². The zero-order valence-corrected chi connectivity index (χ0v) is 10.4. The van der Waals surface area contributed by atoms with Crippen LogP contribution in [0.25, 0.3) is 11.0 Å². The van der Waals surface area contributed by atoms with Crippen molar-refractivity contribution in [2.24, 2.45) is 5.73 Å². The molecule has 0 aliphatic carbocycles. The van der Waals surface area contributed by atoms with Crippen molar-refractivity contribution in [3.63, 3.8) is 0 Å². The molecule has 2 N–H and O–H groups in total. The standard InChI is InChI=1S/C9H10N4O2S2/c10-6-4-13(5-6)17(14,15)8-3-1-2-7-9(8)12-16-11-7/h1-3,6H,4-5,10H2. The summed E-state index contributed by atoms with van der Waals surface area (Å²) in [5, 5.41) is 0. The Morgan fingerprint density at radius 3 is 2.82 bits per heavy atom. The lowest BCUT2D eigenvalue weighted by atomic mass is 10.2. The summed E-state index contributed by atoms with van der Waals surface area (Å²) in [4.78, 5) is 0.218. The first-order chi connectivity index (χ1) is 8.09. The van der Waals surface area contributed by atoms with Gasteiger partial charge < -0.3 is 5.73 Å². The summed E-state index contributed by atoms with van der Waals surface area (Å²) in [6, 6.07) is 4.93. The predicted octanol–water partition coefficient (Wildman–Crippen LogP) is 0.0229. The molecule has 0 unspecified atom stereocenters. The molecule has 0 amide bonds. The quantitative estimate of drug-likeness (QED) is 0.831. The number of aromatic nitrogens is 2. The molecule has 1 saturated heterocycles. The third kappa shape index (κ3) is 1.64. The molecule has 2 aromatic rings. The first kappa shape index (κ1) is 11.0. The van der Waals surface area contributed by atoms with E-state index in [-0.39, 0.29) is 10.9 Å². The highest BCUT2D eigenvalue weighted by molar-refractivity contribution is 7.89. The van der Waals surface area contributed by atoms with Gasteiger partial charge in [0, 0.05) is 19.1 Å². The van der Waals surface area contributed by atoms with Gasteiger partial charge >= 0.3 is 0 Å². The van der Waals surface area contributed by atoms with Crippen molar-refractivity contribution in [1.29, 1.82) is 0 Å². The second-order valence-electron chi connectivity index (χ2n) is 3.97. The van der Waals surface area contributed by atoms with Crippen molar-refractivity contribution in [3.8, 4) is 0 Å². The van der Waals surface area contributed by atoms with Gasteiger partial charge in [-0.2, -0.15) is 13.1 Å². The number of benzene rings is 1. The Morgan fingerprint density at radius 2 is 2.12 bits per heavy atom. The Balaban J connectivity index is 2.12. The molecule has 17 heavy (non-hydrogen) atoms. The van der Waals surface area contributed by atoms with Crippen LogP contribution in [0.2, 0.25) is 0 Å². The fraction of sp³-hybridized carbons (Fsp3) is 0.333. The highest BCUT2D eigenvalue weighted by Gasteiger charge is 2.36. The van der Waals surface area contributed by atoms with Gasteiger partial charge in [0.2, 0.25) is 10.0 Å². The van der Waals surface area contributed by atoms with Gasteiger partial charge in [-0.25, -0.2) is 8.42 Å². The summed E-state index contributed by atoms with van der Waals surface area (Å²) in [5.74, 6) is 0. The average Bonchev–Trinajstić information content (AvgIpc) is 2.72. The molecule has 0 saturated carbocycles. The van der Waals surface area contributed by atoms with Gasteiger partial charge in [-0.1, -0.05) is 6.07 Å². The highest BCUT2D eigenvalue weighted by Crippen LogP contribution is 2.26. The van der Waals surface area contributed by atoms with Crippen molar-refractivity contribution in [2.45, 2.75) is 10.9 Å². The molecule has 6 nitrogen and oxygen atoms in total. The maximum Gasteiger partial charge on any atom is 0.245 e. The van der Waals surface area contributed by atoms with E-state index in [0.29, 0.717) is 24.1 Å². The summed E-state index contributed by atoms with van der Waals surface area (Å²) in [6.07, 6.45) is 0. The average molecular weight is 270 g/mol. The minimum Gasteiger partial charge on any atom is -0.325 e. The number of hydrogen-bond acceptors (Lipinski definition) is 6. The van der Waals surface area contributed by atoms with Gasteiger partial charge in [-0.15, -0.1) is 0 Å². The lowest BCUT2D eigenvalue weighted by molar-refractivity contribution is 0.266. The number of sulfonamides is 1. The Kier molecular flexibility index (Phi) is 2.40. The topological polar surface area (TPSA) is 89.2 Å². The lowest BCUT2D eigenvalue weighted by Gasteiger charge is -2.35. The number of nitrogens with two attached hydrogens (primary N) is 1. The number of nitrogens with zero attached hydrogens (tertiary/aromatic N) is 3. The third-order valence-corrected chi connectivity index (χ3v) is 5.15. The van der Waals surface area contributed by atoms with Crippen LogP contribution in [0.1, 0.15) is 0 Å². The van der Waals surface area contributed by atoms with Crippen LogP contribution < -0.4 is 5.73 Å². The van der Waals surface area contributed by atoms with E-state index in [1.807, 2.05) is 0 Å². The summed E-state index contributed by atoms with van der Waals surface area (Å²) >= 11 is 1.01. The Labute approximate surface area is 102 Å². The van der Waals surface area contributed by atoms with Gasteiger partial charge in [0.15, 0.2) is 0 Å². The van der Waals surface area contributed by atoms with Gasteiger partial charge in [0.05, 0.1) is 11.7 Å². The first-order valence-corrected chi connectivity index (χ1v) is 7.23. The van der Waals surface area contributed by atoms with E-state index in [9.17, 15) is 8.42 Å². The lowest BCUT2D eigenvalue weighted by Crippen LogP contribution is -2.57. The summed E-state index contributed by atoms with van der Waals surface area (Å²) in [6.45, 7) is 0.743. The van der Waals surface area contributed by atoms with Crippen LogP contribution in [0.15, 0.2) is 23.1 Å². The molecule has 2 heterocycles. The molecular weight excluding hydrogens is 260 g/mol. The fourth-order valence-electron chi connectivity index (χ4n) is 1.79. The largest absolute Gasteiger partial charge is 0.325 e. The van der Waals surface area contributed by atoms with E-state index in [1.54, 1.807) is 18.2 Å². The molecule has 1 aliphatic heterocycles. The van der Waals surface area contributed by atoms with Crippen LogP contribution in [0.4, 0.5) is 0 Å². The van der Waals surface area contributed by atoms with Crippen molar-refractivity contribution in [1.82, 2.24) is 13.1 Å². The third-order valence-electron chi connectivity index (χ3n) is 2.74. The maximum absolute atomic E-state index is 12.3. The Hall–Kier alpha value is -1.09. The Bertz CT molecular complexity index is 660. The van der Waals surface area contributed by atoms with Crippen molar-refractivity contribution in [2.75, 3.05) is 13.1 Å². The van der Waals surface area contributed by atoms with Gasteiger partial charge in [-0.3, -0.25) is 0 Å². The van der Waals surface area contributed by atoms with E-state index in [1.165, 1.54) is 4.31 Å². The van der Waals surface area contributed by atoms with Crippen LogP contribution >= 0.6 is 11.7 Å². The summed E-state index contributed by atoms with van der Waals surface area (Å²) in [7, 11) is -3.47. The summed E-state index contributed by atoms with van der Waals surface area (Å²) in [5.41, 5.74) is 6.66. The van der Waals surface area contributed by atoms with Crippen molar-refractivity contribution < 1.29 is 8.42 Å². The zero-order chi connectivity index (χ0) is 12.0. The molecule has 1 aliphatic rings. The van der Waals surface area contributed by atoms with Crippen LogP contribution in [-0.4, -0.2) is 40.6 Å². The molecule has 1 aromatic heterocycles. The van der Waals surface area contributed by atoms with E-state index in [4.69, 9.17) is 5.73 Å².